The van der Waals surface area contributed by atoms with E-state index in [9.17, 15) is 13.2 Å². The Morgan fingerprint density at radius 3 is 2.61 bits per heavy atom. The average Bonchev–Trinajstić information content (AvgIpc) is 2.73. The fraction of sp³-hybridized carbons (Fsp3) is 0.600. The summed E-state index contributed by atoms with van der Waals surface area (Å²) in [4.78, 5) is 11.0. The van der Waals surface area contributed by atoms with Crippen LogP contribution in [-0.2, 0) is 21.4 Å². The van der Waals surface area contributed by atoms with E-state index in [1.54, 1.807) is 20.8 Å². The molecule has 0 aliphatic rings. The van der Waals surface area contributed by atoms with Gasteiger partial charge in [-0.25, -0.2) is 8.42 Å². The molecule has 0 saturated heterocycles. The van der Waals surface area contributed by atoms with Crippen molar-refractivity contribution in [2.24, 2.45) is 5.92 Å². The van der Waals surface area contributed by atoms with Gasteiger partial charge < -0.3 is 5.11 Å². The number of carboxylic acids is 1. The van der Waals surface area contributed by atoms with E-state index in [-0.39, 0.29) is 10.9 Å². The van der Waals surface area contributed by atoms with Gasteiger partial charge in [-0.05, 0) is 18.9 Å². The molecular weight excluding hydrogens is 258 g/mol. The molecule has 0 aromatic carbocycles. The number of aryl methyl sites for hydroxylation is 1. The first-order chi connectivity index (χ1) is 8.29. The van der Waals surface area contributed by atoms with Crippen molar-refractivity contribution in [3.8, 4) is 0 Å². The molecule has 7 nitrogen and oxygen atoms in total. The van der Waals surface area contributed by atoms with E-state index in [1.807, 2.05) is 0 Å². The van der Waals surface area contributed by atoms with Gasteiger partial charge in [0.25, 0.3) is 10.0 Å². The van der Waals surface area contributed by atoms with Gasteiger partial charge in [0.2, 0.25) is 0 Å². The van der Waals surface area contributed by atoms with Gasteiger partial charge in [0, 0.05) is 6.54 Å². The Kier molecular flexibility index (Phi) is 4.47. The molecule has 0 bridgehead atoms. The largest absolute Gasteiger partial charge is 0.480 e. The van der Waals surface area contributed by atoms with E-state index < -0.39 is 22.0 Å². The molecule has 1 atom stereocenters. The number of aromatic nitrogens is 2. The highest BCUT2D eigenvalue weighted by molar-refractivity contribution is 7.89. The Morgan fingerprint density at radius 1 is 1.56 bits per heavy atom. The van der Waals surface area contributed by atoms with Crippen LogP contribution in [0.5, 0.6) is 0 Å². The third-order valence-electron chi connectivity index (χ3n) is 2.47. The van der Waals surface area contributed by atoms with Gasteiger partial charge in [-0.15, -0.1) is 0 Å². The lowest BCUT2D eigenvalue weighted by atomic mass is 10.1. The molecule has 0 aliphatic heterocycles. The summed E-state index contributed by atoms with van der Waals surface area (Å²) < 4.78 is 27.6. The highest BCUT2D eigenvalue weighted by atomic mass is 32.2. The van der Waals surface area contributed by atoms with Crippen molar-refractivity contribution in [2.75, 3.05) is 0 Å². The topological polar surface area (TPSA) is 101 Å². The molecule has 0 aliphatic carbocycles. The average molecular weight is 275 g/mol. The molecule has 0 spiro atoms. The van der Waals surface area contributed by atoms with Crippen molar-refractivity contribution in [3.63, 3.8) is 0 Å². The second kappa shape index (κ2) is 5.49. The maximum atomic E-state index is 12.1. The molecule has 1 aromatic heterocycles. The van der Waals surface area contributed by atoms with Crippen molar-refractivity contribution in [1.29, 1.82) is 0 Å². The van der Waals surface area contributed by atoms with Crippen molar-refractivity contribution in [3.05, 3.63) is 12.3 Å². The van der Waals surface area contributed by atoms with Gasteiger partial charge in [0.05, 0.1) is 6.20 Å². The van der Waals surface area contributed by atoms with Gasteiger partial charge in [0.15, 0.2) is 5.03 Å². The molecular formula is C10H17N3O4S. The summed E-state index contributed by atoms with van der Waals surface area (Å²) in [6.45, 7) is 5.42. The summed E-state index contributed by atoms with van der Waals surface area (Å²) in [6.07, 6.45) is 1.36. The Labute approximate surface area is 106 Å². The van der Waals surface area contributed by atoms with Crippen LogP contribution in [0.3, 0.4) is 0 Å². The molecule has 0 radical (unpaired) electrons. The molecule has 1 heterocycles. The summed E-state index contributed by atoms with van der Waals surface area (Å²) in [5, 5.41) is 12.8. The zero-order chi connectivity index (χ0) is 13.9. The number of rotatable bonds is 6. The molecule has 2 N–H and O–H groups in total. The number of carbonyl (C=O) groups is 1. The molecule has 1 rings (SSSR count). The number of sulfonamides is 1. The Bertz CT molecular complexity index is 521. The van der Waals surface area contributed by atoms with E-state index >= 15 is 0 Å². The maximum absolute atomic E-state index is 12.1. The summed E-state index contributed by atoms with van der Waals surface area (Å²) in [5.74, 6) is -1.55. The number of hydrogen-bond acceptors (Lipinski definition) is 4. The molecule has 8 heteroatoms. The van der Waals surface area contributed by atoms with Gasteiger partial charge in [-0.1, -0.05) is 13.8 Å². The molecule has 18 heavy (non-hydrogen) atoms. The van der Waals surface area contributed by atoms with Crippen LogP contribution in [0.25, 0.3) is 0 Å². The molecule has 0 fully saturated rings. The minimum atomic E-state index is -3.88. The lowest BCUT2D eigenvalue weighted by Gasteiger charge is -2.18. The van der Waals surface area contributed by atoms with Gasteiger partial charge in [-0.2, -0.15) is 9.82 Å². The highest BCUT2D eigenvalue weighted by Gasteiger charge is 2.29. The first kappa shape index (κ1) is 14.7. The van der Waals surface area contributed by atoms with Gasteiger partial charge in [-0.3, -0.25) is 9.48 Å². The molecule has 0 amide bonds. The molecule has 0 unspecified atom stereocenters. The Balaban J connectivity index is 3.05. The number of aliphatic carboxylic acids is 1. The van der Waals surface area contributed by atoms with Crippen LogP contribution in [0.15, 0.2) is 17.3 Å². The maximum Gasteiger partial charge on any atom is 0.322 e. The summed E-state index contributed by atoms with van der Waals surface area (Å²) >= 11 is 0. The normalized spacial score (nSPS) is 13.8. The zero-order valence-electron chi connectivity index (χ0n) is 10.5. The molecule has 0 saturated carbocycles. The SMILES string of the molecule is CCn1nccc1S(=O)(=O)N[C@@H](C(=O)O)C(C)C. The van der Waals surface area contributed by atoms with E-state index in [0.29, 0.717) is 6.54 Å². The van der Waals surface area contributed by atoms with Crippen molar-refractivity contribution in [1.82, 2.24) is 14.5 Å². The first-order valence-corrected chi connectivity index (χ1v) is 7.05. The second-order valence-corrected chi connectivity index (χ2v) is 5.83. The van der Waals surface area contributed by atoms with Crippen LogP contribution in [0.2, 0.25) is 0 Å². The summed E-state index contributed by atoms with van der Waals surface area (Å²) in [7, 11) is -3.88. The first-order valence-electron chi connectivity index (χ1n) is 5.56. The highest BCUT2D eigenvalue weighted by Crippen LogP contribution is 2.11. The zero-order valence-corrected chi connectivity index (χ0v) is 11.3. The van der Waals surface area contributed by atoms with E-state index in [2.05, 4.69) is 9.82 Å². The van der Waals surface area contributed by atoms with Crippen LogP contribution < -0.4 is 4.72 Å². The number of nitrogens with one attached hydrogen (secondary N) is 1. The third-order valence-corrected chi connectivity index (χ3v) is 3.93. The quantitative estimate of drug-likeness (QED) is 0.777. The van der Waals surface area contributed by atoms with Crippen molar-refractivity contribution < 1.29 is 18.3 Å². The minimum Gasteiger partial charge on any atom is -0.480 e. The minimum absolute atomic E-state index is 0.0306. The Hall–Kier alpha value is -1.41. The standard InChI is InChI=1S/C10H17N3O4S/c1-4-13-8(5-6-11-13)18(16,17)12-9(7(2)3)10(14)15/h5-7,9,12H,4H2,1-3H3,(H,14,15)/t9-/m1/s1. The van der Waals surface area contributed by atoms with E-state index in [0.717, 1.165) is 0 Å². The summed E-state index contributed by atoms with van der Waals surface area (Å²) in [5.41, 5.74) is 0. The predicted molar refractivity (Wildman–Crippen MR) is 64.5 cm³/mol. The fourth-order valence-corrected chi connectivity index (χ4v) is 3.01. The monoisotopic (exact) mass is 275 g/mol. The number of carboxylic acid groups (broad SMARTS) is 1. The van der Waals surface area contributed by atoms with Gasteiger partial charge in [0.1, 0.15) is 6.04 Å². The predicted octanol–water partition coefficient (Wildman–Crippen LogP) is 0.290. The van der Waals surface area contributed by atoms with Crippen LogP contribution in [0, 0.1) is 5.92 Å². The van der Waals surface area contributed by atoms with E-state index in [4.69, 9.17) is 5.11 Å². The van der Waals surface area contributed by atoms with Crippen LogP contribution in [0.4, 0.5) is 0 Å². The lowest BCUT2D eigenvalue weighted by Crippen LogP contribution is -2.44. The fourth-order valence-electron chi connectivity index (χ4n) is 1.49. The van der Waals surface area contributed by atoms with Gasteiger partial charge >= 0.3 is 5.97 Å². The van der Waals surface area contributed by atoms with E-state index in [1.165, 1.54) is 16.9 Å². The van der Waals surface area contributed by atoms with Crippen molar-refractivity contribution in [2.45, 2.75) is 38.4 Å². The Morgan fingerprint density at radius 2 is 2.17 bits per heavy atom. The lowest BCUT2D eigenvalue weighted by molar-refractivity contribution is -0.140. The second-order valence-electron chi connectivity index (χ2n) is 4.17. The molecule has 1 aromatic rings. The smallest absolute Gasteiger partial charge is 0.322 e. The van der Waals surface area contributed by atoms with Crippen LogP contribution >= 0.6 is 0 Å². The van der Waals surface area contributed by atoms with Crippen LogP contribution in [-0.4, -0.2) is 35.3 Å². The summed E-state index contributed by atoms with van der Waals surface area (Å²) in [6, 6.07) is 0.181. The number of nitrogens with zero attached hydrogens (tertiary/aromatic N) is 2. The number of hydrogen-bond donors (Lipinski definition) is 2. The van der Waals surface area contributed by atoms with Crippen molar-refractivity contribution >= 4 is 16.0 Å². The molecule has 102 valence electrons. The third kappa shape index (κ3) is 3.08. The van der Waals surface area contributed by atoms with Crippen LogP contribution in [0.1, 0.15) is 20.8 Å².